The van der Waals surface area contributed by atoms with E-state index in [9.17, 15) is 4.79 Å². The molecule has 0 radical (unpaired) electrons. The van der Waals surface area contributed by atoms with Crippen LogP contribution in [0.5, 0.6) is 0 Å². The van der Waals surface area contributed by atoms with Gasteiger partial charge in [-0.1, -0.05) is 12.2 Å². The molecule has 2 heterocycles. The van der Waals surface area contributed by atoms with E-state index in [0.29, 0.717) is 10.7 Å². The van der Waals surface area contributed by atoms with Crippen LogP contribution in [0.2, 0.25) is 0 Å². The number of thiocarbonyl (C=S) groups is 1. The molecule has 0 saturated carbocycles. The van der Waals surface area contributed by atoms with Gasteiger partial charge in [0.1, 0.15) is 4.99 Å². The van der Waals surface area contributed by atoms with Crippen LogP contribution in [0.25, 0.3) is 0 Å². The predicted octanol–water partition coefficient (Wildman–Crippen LogP) is 0.413. The van der Waals surface area contributed by atoms with Gasteiger partial charge in [0, 0.05) is 19.3 Å². The molecule has 102 valence electrons. The maximum Gasteiger partial charge on any atom is 0.221 e. The molecule has 4 N–H and O–H groups in total. The lowest BCUT2D eigenvalue weighted by Gasteiger charge is -2.31. The molecule has 19 heavy (non-hydrogen) atoms. The van der Waals surface area contributed by atoms with Crippen LogP contribution in [0.3, 0.4) is 0 Å². The molecule has 6 heteroatoms. The van der Waals surface area contributed by atoms with E-state index in [2.05, 4.69) is 9.88 Å². The van der Waals surface area contributed by atoms with E-state index >= 15 is 0 Å². The van der Waals surface area contributed by atoms with Gasteiger partial charge in [-0.05, 0) is 37.1 Å². The Balaban J connectivity index is 2.02. The molecule has 1 saturated heterocycles. The molecule has 1 aliphatic rings. The Bertz CT molecular complexity index is 491. The van der Waals surface area contributed by atoms with E-state index in [0.717, 1.165) is 38.0 Å². The number of carbonyl (C=O) groups is 1. The van der Waals surface area contributed by atoms with E-state index in [-0.39, 0.29) is 11.8 Å². The van der Waals surface area contributed by atoms with E-state index in [1.54, 1.807) is 6.20 Å². The molecule has 1 unspecified atom stereocenters. The minimum Gasteiger partial charge on any atom is -0.388 e. The van der Waals surface area contributed by atoms with Gasteiger partial charge in [0.15, 0.2) is 0 Å². The average molecular weight is 278 g/mol. The highest BCUT2D eigenvalue weighted by atomic mass is 32.1. The number of carbonyl (C=O) groups excluding carboxylic acids is 1. The fourth-order valence-electron chi connectivity index (χ4n) is 2.40. The molecule has 1 aromatic heterocycles. The van der Waals surface area contributed by atoms with E-state index in [1.165, 1.54) is 0 Å². The molecule has 1 aromatic rings. The van der Waals surface area contributed by atoms with Crippen molar-refractivity contribution in [1.29, 1.82) is 0 Å². The Morgan fingerprint density at radius 2 is 2.32 bits per heavy atom. The Hall–Kier alpha value is -1.53. The summed E-state index contributed by atoms with van der Waals surface area (Å²) < 4.78 is 0. The van der Waals surface area contributed by atoms with Crippen LogP contribution in [0, 0.1) is 5.92 Å². The lowest BCUT2D eigenvalue weighted by Crippen LogP contribution is -2.40. The van der Waals surface area contributed by atoms with Gasteiger partial charge in [-0.2, -0.15) is 0 Å². The van der Waals surface area contributed by atoms with Crippen molar-refractivity contribution in [3.05, 3.63) is 29.6 Å². The number of nitrogens with two attached hydrogens (primary N) is 2. The number of primary amides is 1. The van der Waals surface area contributed by atoms with Gasteiger partial charge < -0.3 is 11.5 Å². The van der Waals surface area contributed by atoms with E-state index < -0.39 is 0 Å². The number of piperidine rings is 1. The summed E-state index contributed by atoms with van der Waals surface area (Å²) in [5.41, 5.74) is 12.7. The summed E-state index contributed by atoms with van der Waals surface area (Å²) in [6.07, 6.45) is 3.60. The van der Waals surface area contributed by atoms with E-state index in [1.807, 2.05) is 12.1 Å². The molecule has 0 aliphatic carbocycles. The molecule has 0 spiro atoms. The lowest BCUT2D eigenvalue weighted by atomic mass is 9.97. The van der Waals surface area contributed by atoms with Crippen LogP contribution in [-0.2, 0) is 11.3 Å². The Labute approximate surface area is 118 Å². The fraction of sp³-hybridized carbons (Fsp3) is 0.462. The van der Waals surface area contributed by atoms with Gasteiger partial charge >= 0.3 is 0 Å². The first-order valence-electron chi connectivity index (χ1n) is 6.32. The number of pyridine rings is 1. The van der Waals surface area contributed by atoms with Crippen molar-refractivity contribution >= 4 is 23.1 Å². The molecule has 1 atom stereocenters. The van der Waals surface area contributed by atoms with Gasteiger partial charge in [-0.3, -0.25) is 14.7 Å². The Kier molecular flexibility index (Phi) is 4.44. The third kappa shape index (κ3) is 3.71. The van der Waals surface area contributed by atoms with Crippen LogP contribution in [0.15, 0.2) is 18.3 Å². The second kappa shape index (κ2) is 6.08. The first kappa shape index (κ1) is 13.9. The molecular weight excluding hydrogens is 260 g/mol. The molecule has 1 amide bonds. The highest BCUT2D eigenvalue weighted by Crippen LogP contribution is 2.18. The molecule has 0 bridgehead atoms. The molecule has 1 aliphatic heterocycles. The van der Waals surface area contributed by atoms with Crippen molar-refractivity contribution in [3.63, 3.8) is 0 Å². The smallest absolute Gasteiger partial charge is 0.221 e. The number of amides is 1. The number of aromatic nitrogens is 1. The second-order valence-electron chi connectivity index (χ2n) is 4.89. The summed E-state index contributed by atoms with van der Waals surface area (Å²) >= 11 is 4.92. The van der Waals surface area contributed by atoms with Crippen LogP contribution < -0.4 is 11.5 Å². The summed E-state index contributed by atoms with van der Waals surface area (Å²) in [5.74, 6) is -0.242. The number of rotatable bonds is 4. The SMILES string of the molecule is NC(=O)C1CCCN(Cc2ccnc(C(N)=S)c2)C1. The summed E-state index contributed by atoms with van der Waals surface area (Å²) in [6, 6.07) is 3.84. The van der Waals surface area contributed by atoms with Crippen molar-refractivity contribution < 1.29 is 4.79 Å². The minimum absolute atomic E-state index is 0.0364. The highest BCUT2D eigenvalue weighted by molar-refractivity contribution is 7.80. The first-order valence-corrected chi connectivity index (χ1v) is 6.73. The van der Waals surface area contributed by atoms with E-state index in [4.69, 9.17) is 23.7 Å². The molecule has 0 aromatic carbocycles. The lowest BCUT2D eigenvalue weighted by molar-refractivity contribution is -0.123. The minimum atomic E-state index is -0.205. The quantitative estimate of drug-likeness (QED) is 0.779. The summed E-state index contributed by atoms with van der Waals surface area (Å²) in [6.45, 7) is 2.47. The zero-order valence-electron chi connectivity index (χ0n) is 10.7. The third-order valence-electron chi connectivity index (χ3n) is 3.39. The Morgan fingerprint density at radius 1 is 1.53 bits per heavy atom. The molecule has 1 fully saturated rings. The second-order valence-corrected chi connectivity index (χ2v) is 5.33. The number of nitrogens with zero attached hydrogens (tertiary/aromatic N) is 2. The standard InChI is InChI=1S/C13H18N4OS/c14-12(18)10-2-1-5-17(8-10)7-9-3-4-16-11(6-9)13(15)19/h3-4,6,10H,1-2,5,7-8H2,(H2,14,18)(H2,15,19). The third-order valence-corrected chi connectivity index (χ3v) is 3.60. The van der Waals surface area contributed by atoms with Gasteiger partial charge in [-0.15, -0.1) is 0 Å². The summed E-state index contributed by atoms with van der Waals surface area (Å²) in [4.78, 5) is 17.9. The van der Waals surface area contributed by atoms with Crippen molar-refractivity contribution in [2.75, 3.05) is 13.1 Å². The van der Waals surface area contributed by atoms with Gasteiger partial charge in [0.05, 0.1) is 11.6 Å². The van der Waals surface area contributed by atoms with Crippen LogP contribution in [0.1, 0.15) is 24.1 Å². The van der Waals surface area contributed by atoms with Gasteiger partial charge in [0.25, 0.3) is 0 Å². The first-order chi connectivity index (χ1) is 9.06. The van der Waals surface area contributed by atoms with Crippen molar-refractivity contribution in [1.82, 2.24) is 9.88 Å². The highest BCUT2D eigenvalue weighted by Gasteiger charge is 2.23. The average Bonchev–Trinajstić information content (AvgIpc) is 2.39. The van der Waals surface area contributed by atoms with Crippen LogP contribution in [0.4, 0.5) is 0 Å². The van der Waals surface area contributed by atoms with Crippen molar-refractivity contribution in [2.45, 2.75) is 19.4 Å². The van der Waals surface area contributed by atoms with Gasteiger partial charge in [0.2, 0.25) is 5.91 Å². The van der Waals surface area contributed by atoms with Gasteiger partial charge in [-0.25, -0.2) is 0 Å². The maximum absolute atomic E-state index is 11.2. The predicted molar refractivity (Wildman–Crippen MR) is 77.3 cm³/mol. The number of hydrogen-bond donors (Lipinski definition) is 2. The van der Waals surface area contributed by atoms with Crippen molar-refractivity contribution in [2.24, 2.45) is 17.4 Å². The number of hydrogen-bond acceptors (Lipinski definition) is 4. The molecule has 5 nitrogen and oxygen atoms in total. The summed E-state index contributed by atoms with van der Waals surface area (Å²) in [5, 5.41) is 0. The monoisotopic (exact) mass is 278 g/mol. The van der Waals surface area contributed by atoms with Crippen LogP contribution >= 0.6 is 12.2 Å². The zero-order valence-corrected chi connectivity index (χ0v) is 11.5. The van der Waals surface area contributed by atoms with Crippen LogP contribution in [-0.4, -0.2) is 33.9 Å². The maximum atomic E-state index is 11.2. The molecular formula is C13H18N4OS. The largest absolute Gasteiger partial charge is 0.388 e. The Morgan fingerprint density at radius 3 is 3.00 bits per heavy atom. The summed E-state index contributed by atoms with van der Waals surface area (Å²) in [7, 11) is 0. The normalized spacial score (nSPS) is 20.1. The molecule has 2 rings (SSSR count). The topological polar surface area (TPSA) is 85.2 Å². The number of likely N-dealkylation sites (tertiary alicyclic amines) is 1. The fourth-order valence-corrected chi connectivity index (χ4v) is 2.51. The van der Waals surface area contributed by atoms with Crippen molar-refractivity contribution in [3.8, 4) is 0 Å². The zero-order chi connectivity index (χ0) is 13.8.